The van der Waals surface area contributed by atoms with E-state index in [0.717, 1.165) is 36.5 Å². The van der Waals surface area contributed by atoms with E-state index >= 15 is 0 Å². The molecule has 2 amide bonds. The minimum atomic E-state index is -0.0379. The zero-order valence-corrected chi connectivity index (χ0v) is 16.3. The van der Waals surface area contributed by atoms with Crippen LogP contribution >= 0.6 is 0 Å². The second-order valence-corrected chi connectivity index (χ2v) is 6.82. The van der Waals surface area contributed by atoms with Gasteiger partial charge in [0.15, 0.2) is 0 Å². The molecule has 0 atom stereocenters. The van der Waals surface area contributed by atoms with Gasteiger partial charge in [0, 0.05) is 50.8 Å². The van der Waals surface area contributed by atoms with E-state index in [-0.39, 0.29) is 6.03 Å². The topological polar surface area (TPSA) is 66.3 Å². The highest BCUT2D eigenvalue weighted by Gasteiger charge is 2.14. The molecule has 0 bridgehead atoms. The number of urea groups is 1. The number of nitrogens with zero attached hydrogens (tertiary/aromatic N) is 5. The standard InChI is InChI=1S/C19H30N6O/c1-16-13-17(2)25(22-16)10-6-9-21-19(26)24(12-11-23(3)4)15-18-7-5-8-20-14-18/h5,7-8,13-14H,6,9-12,15H2,1-4H3,(H,21,26). The van der Waals surface area contributed by atoms with Crippen LogP contribution in [-0.4, -0.2) is 64.3 Å². The number of pyridine rings is 1. The average molecular weight is 358 g/mol. The van der Waals surface area contributed by atoms with Crippen molar-refractivity contribution in [1.82, 2.24) is 29.9 Å². The van der Waals surface area contributed by atoms with Crippen molar-refractivity contribution in [2.24, 2.45) is 0 Å². The molecule has 2 rings (SSSR count). The first-order chi connectivity index (χ1) is 12.5. The second kappa shape index (κ2) is 9.91. The second-order valence-electron chi connectivity index (χ2n) is 6.82. The molecular weight excluding hydrogens is 328 g/mol. The Morgan fingerprint density at radius 2 is 2.08 bits per heavy atom. The molecule has 0 aliphatic heterocycles. The first-order valence-corrected chi connectivity index (χ1v) is 9.03. The molecule has 0 saturated heterocycles. The van der Waals surface area contributed by atoms with Crippen LogP contribution in [0.5, 0.6) is 0 Å². The molecule has 26 heavy (non-hydrogen) atoms. The summed E-state index contributed by atoms with van der Waals surface area (Å²) in [5, 5.41) is 7.48. The molecule has 2 heterocycles. The van der Waals surface area contributed by atoms with Gasteiger partial charge in [0.25, 0.3) is 0 Å². The van der Waals surface area contributed by atoms with Gasteiger partial charge in [0.1, 0.15) is 0 Å². The van der Waals surface area contributed by atoms with Crippen molar-refractivity contribution >= 4 is 6.03 Å². The van der Waals surface area contributed by atoms with Gasteiger partial charge < -0.3 is 15.1 Å². The number of aromatic nitrogens is 3. The zero-order valence-electron chi connectivity index (χ0n) is 16.3. The minimum absolute atomic E-state index is 0.0379. The van der Waals surface area contributed by atoms with Gasteiger partial charge in [-0.25, -0.2) is 4.79 Å². The molecule has 0 unspecified atom stereocenters. The molecule has 0 saturated carbocycles. The molecule has 0 fully saturated rings. The quantitative estimate of drug-likeness (QED) is 0.697. The summed E-state index contributed by atoms with van der Waals surface area (Å²) >= 11 is 0. The number of nitrogens with one attached hydrogen (secondary N) is 1. The maximum absolute atomic E-state index is 12.6. The first kappa shape index (κ1) is 19.9. The third-order valence-corrected chi connectivity index (χ3v) is 4.13. The summed E-state index contributed by atoms with van der Waals surface area (Å²) in [6.07, 6.45) is 4.40. The molecule has 0 aliphatic rings. The van der Waals surface area contributed by atoms with Crippen molar-refractivity contribution in [3.05, 3.63) is 47.5 Å². The van der Waals surface area contributed by atoms with Crippen LogP contribution in [0.15, 0.2) is 30.6 Å². The number of rotatable bonds is 9. The summed E-state index contributed by atoms with van der Waals surface area (Å²) in [6, 6.07) is 5.91. The molecule has 0 spiro atoms. The fourth-order valence-electron chi connectivity index (χ4n) is 2.72. The van der Waals surface area contributed by atoms with Crippen molar-refractivity contribution in [1.29, 1.82) is 0 Å². The monoisotopic (exact) mass is 358 g/mol. The number of carbonyl (C=O) groups excluding carboxylic acids is 1. The van der Waals surface area contributed by atoms with Crippen LogP contribution in [0.3, 0.4) is 0 Å². The highest BCUT2D eigenvalue weighted by molar-refractivity contribution is 5.74. The van der Waals surface area contributed by atoms with Crippen LogP contribution in [0.25, 0.3) is 0 Å². The Balaban J connectivity index is 1.83. The minimum Gasteiger partial charge on any atom is -0.338 e. The number of aryl methyl sites for hydroxylation is 3. The Morgan fingerprint density at radius 3 is 2.69 bits per heavy atom. The molecule has 7 nitrogen and oxygen atoms in total. The van der Waals surface area contributed by atoms with E-state index in [0.29, 0.717) is 19.6 Å². The molecule has 0 aliphatic carbocycles. The Hall–Kier alpha value is -2.41. The maximum Gasteiger partial charge on any atom is 0.317 e. The fourth-order valence-corrected chi connectivity index (χ4v) is 2.72. The van der Waals surface area contributed by atoms with Crippen LogP contribution in [-0.2, 0) is 13.1 Å². The normalized spacial score (nSPS) is 11.0. The van der Waals surface area contributed by atoms with Crippen LogP contribution < -0.4 is 5.32 Å². The molecule has 2 aromatic heterocycles. The Bertz CT molecular complexity index is 683. The lowest BCUT2D eigenvalue weighted by atomic mass is 10.2. The lowest BCUT2D eigenvalue weighted by Crippen LogP contribution is -2.43. The maximum atomic E-state index is 12.6. The molecule has 0 radical (unpaired) electrons. The van der Waals surface area contributed by atoms with Gasteiger partial charge in [0.05, 0.1) is 5.69 Å². The highest BCUT2D eigenvalue weighted by Crippen LogP contribution is 2.05. The van der Waals surface area contributed by atoms with Gasteiger partial charge in [-0.15, -0.1) is 0 Å². The molecule has 142 valence electrons. The zero-order chi connectivity index (χ0) is 18.9. The van der Waals surface area contributed by atoms with E-state index in [1.807, 2.05) is 42.7 Å². The number of likely N-dealkylation sites (N-methyl/N-ethyl adjacent to an activating group) is 1. The smallest absolute Gasteiger partial charge is 0.317 e. The van der Waals surface area contributed by atoms with Crippen molar-refractivity contribution in [3.63, 3.8) is 0 Å². The Labute approximate surface area is 156 Å². The first-order valence-electron chi connectivity index (χ1n) is 9.03. The number of hydrogen-bond donors (Lipinski definition) is 1. The summed E-state index contributed by atoms with van der Waals surface area (Å²) in [6.45, 7) is 7.53. The summed E-state index contributed by atoms with van der Waals surface area (Å²) in [5.41, 5.74) is 3.21. The van der Waals surface area contributed by atoms with E-state index in [1.165, 1.54) is 0 Å². The summed E-state index contributed by atoms with van der Waals surface area (Å²) in [4.78, 5) is 20.6. The third-order valence-electron chi connectivity index (χ3n) is 4.13. The predicted molar refractivity (Wildman–Crippen MR) is 103 cm³/mol. The van der Waals surface area contributed by atoms with Gasteiger partial charge in [-0.05, 0) is 52.1 Å². The van der Waals surface area contributed by atoms with E-state index in [1.54, 1.807) is 12.4 Å². The van der Waals surface area contributed by atoms with Gasteiger partial charge in [-0.1, -0.05) is 6.07 Å². The molecule has 7 heteroatoms. The van der Waals surface area contributed by atoms with Crippen LogP contribution in [0, 0.1) is 13.8 Å². The van der Waals surface area contributed by atoms with Crippen molar-refractivity contribution in [2.45, 2.75) is 33.4 Å². The van der Waals surface area contributed by atoms with Gasteiger partial charge >= 0.3 is 6.03 Å². The van der Waals surface area contributed by atoms with Crippen molar-refractivity contribution in [3.8, 4) is 0 Å². The largest absolute Gasteiger partial charge is 0.338 e. The summed E-state index contributed by atoms with van der Waals surface area (Å²) < 4.78 is 1.99. The van der Waals surface area contributed by atoms with Gasteiger partial charge in [-0.3, -0.25) is 9.67 Å². The lowest BCUT2D eigenvalue weighted by Gasteiger charge is -2.24. The van der Waals surface area contributed by atoms with Gasteiger partial charge in [-0.2, -0.15) is 5.10 Å². The number of hydrogen-bond acceptors (Lipinski definition) is 4. The Morgan fingerprint density at radius 1 is 1.27 bits per heavy atom. The molecule has 0 aromatic carbocycles. The van der Waals surface area contributed by atoms with E-state index in [2.05, 4.69) is 33.3 Å². The lowest BCUT2D eigenvalue weighted by molar-refractivity contribution is 0.188. The molecular formula is C19H30N6O. The molecule has 1 N–H and O–H groups in total. The van der Waals surface area contributed by atoms with Gasteiger partial charge in [0.2, 0.25) is 0 Å². The summed E-state index contributed by atoms with van der Waals surface area (Å²) in [7, 11) is 4.02. The summed E-state index contributed by atoms with van der Waals surface area (Å²) in [5.74, 6) is 0. The highest BCUT2D eigenvalue weighted by atomic mass is 16.2. The predicted octanol–water partition coefficient (Wildman–Crippen LogP) is 2.06. The van der Waals surface area contributed by atoms with E-state index in [9.17, 15) is 4.79 Å². The van der Waals surface area contributed by atoms with E-state index < -0.39 is 0 Å². The average Bonchev–Trinajstić information content (AvgIpc) is 2.93. The van der Waals surface area contributed by atoms with Crippen molar-refractivity contribution < 1.29 is 4.79 Å². The van der Waals surface area contributed by atoms with Crippen molar-refractivity contribution in [2.75, 3.05) is 33.7 Å². The molecule has 2 aromatic rings. The van der Waals surface area contributed by atoms with Crippen LogP contribution in [0.1, 0.15) is 23.4 Å². The van der Waals surface area contributed by atoms with E-state index in [4.69, 9.17) is 0 Å². The third kappa shape index (κ3) is 6.48. The van der Waals surface area contributed by atoms with Crippen LogP contribution in [0.4, 0.5) is 4.79 Å². The van der Waals surface area contributed by atoms with Crippen LogP contribution in [0.2, 0.25) is 0 Å². The number of carbonyl (C=O) groups is 1. The fraction of sp³-hybridized carbons (Fsp3) is 0.526. The Kier molecular flexibility index (Phi) is 7.59. The number of amides is 2. The SMILES string of the molecule is Cc1cc(C)n(CCCNC(=O)N(CCN(C)C)Cc2cccnc2)n1.